The topological polar surface area (TPSA) is 25.8 Å². The first-order valence-electron chi connectivity index (χ1n) is 20.4. The van der Waals surface area contributed by atoms with E-state index in [4.69, 9.17) is 9.97 Å². The average molecular weight is 753 g/mol. The molecule has 0 bridgehead atoms. The van der Waals surface area contributed by atoms with Gasteiger partial charge in [-0.2, -0.15) is 0 Å². The Balaban J connectivity index is 1.11. The molecular formula is C57H40N2. The summed E-state index contributed by atoms with van der Waals surface area (Å²) >= 11 is 0. The number of hydrogen-bond acceptors (Lipinski definition) is 2. The minimum Gasteiger partial charge on any atom is -0.228 e. The first kappa shape index (κ1) is 34.8. The maximum atomic E-state index is 5.45. The standard InChI is InChI=1S/C57H40N2/c1-57(2)54-44-24-13-12-21-39(44)29-30-50(54)49-28-16-27-48(55(49)57)47-31-32-51(46-26-15-14-25-45(46)47)56-58-52(40-22-10-5-11-23-40)36-53(59-56)43-34-41(37-17-6-3-7-18-37)33-42(35-43)38-19-8-4-9-20-38/h3-36H,1-2H3. The highest BCUT2D eigenvalue weighted by Gasteiger charge is 2.39. The minimum absolute atomic E-state index is 0.198. The zero-order valence-electron chi connectivity index (χ0n) is 33.0. The van der Waals surface area contributed by atoms with Crippen molar-refractivity contribution in [3.8, 4) is 78.4 Å². The maximum Gasteiger partial charge on any atom is 0.161 e. The normalized spacial score (nSPS) is 12.7. The van der Waals surface area contributed by atoms with Crippen molar-refractivity contribution >= 4 is 21.5 Å². The fourth-order valence-corrected chi connectivity index (χ4v) is 9.54. The van der Waals surface area contributed by atoms with Crippen molar-refractivity contribution in [3.63, 3.8) is 0 Å². The summed E-state index contributed by atoms with van der Waals surface area (Å²) in [5, 5.41) is 4.92. The lowest BCUT2D eigenvalue weighted by molar-refractivity contribution is 0.668. The van der Waals surface area contributed by atoms with Crippen LogP contribution in [0.15, 0.2) is 206 Å². The molecule has 10 aromatic rings. The zero-order chi connectivity index (χ0) is 39.5. The Labute approximate surface area is 345 Å². The van der Waals surface area contributed by atoms with E-state index in [0.29, 0.717) is 5.82 Å². The molecule has 1 aliphatic rings. The molecule has 0 amide bonds. The highest BCUT2D eigenvalue weighted by molar-refractivity contribution is 6.07. The Bertz CT molecular complexity index is 3160. The van der Waals surface area contributed by atoms with Gasteiger partial charge < -0.3 is 0 Å². The predicted molar refractivity (Wildman–Crippen MR) is 247 cm³/mol. The summed E-state index contributed by atoms with van der Waals surface area (Å²) in [6, 6.07) is 74.2. The summed E-state index contributed by atoms with van der Waals surface area (Å²) in [6.07, 6.45) is 0. The van der Waals surface area contributed by atoms with Crippen molar-refractivity contribution in [2.75, 3.05) is 0 Å². The second kappa shape index (κ2) is 13.9. The second-order valence-corrected chi connectivity index (χ2v) is 16.1. The van der Waals surface area contributed by atoms with E-state index in [1.165, 1.54) is 49.5 Å². The highest BCUT2D eigenvalue weighted by Crippen LogP contribution is 2.55. The lowest BCUT2D eigenvalue weighted by Crippen LogP contribution is -2.17. The molecule has 2 nitrogen and oxygen atoms in total. The van der Waals surface area contributed by atoms with E-state index in [1.54, 1.807) is 0 Å². The van der Waals surface area contributed by atoms with Crippen LogP contribution in [0.5, 0.6) is 0 Å². The summed E-state index contributed by atoms with van der Waals surface area (Å²) in [4.78, 5) is 10.8. The van der Waals surface area contributed by atoms with Gasteiger partial charge >= 0.3 is 0 Å². The molecule has 9 aromatic carbocycles. The third-order valence-corrected chi connectivity index (χ3v) is 12.2. The van der Waals surface area contributed by atoms with Gasteiger partial charge in [-0.05, 0) is 108 Å². The number of aromatic nitrogens is 2. The van der Waals surface area contributed by atoms with Crippen LogP contribution in [-0.4, -0.2) is 9.97 Å². The molecule has 0 radical (unpaired) electrons. The van der Waals surface area contributed by atoms with Crippen LogP contribution in [0.4, 0.5) is 0 Å². The van der Waals surface area contributed by atoms with Crippen LogP contribution in [0.1, 0.15) is 25.0 Å². The van der Waals surface area contributed by atoms with E-state index >= 15 is 0 Å². The summed E-state index contributed by atoms with van der Waals surface area (Å²) in [5.74, 6) is 0.702. The summed E-state index contributed by atoms with van der Waals surface area (Å²) in [6.45, 7) is 4.79. The van der Waals surface area contributed by atoms with Crippen molar-refractivity contribution < 1.29 is 0 Å². The summed E-state index contributed by atoms with van der Waals surface area (Å²) < 4.78 is 0. The van der Waals surface area contributed by atoms with Crippen molar-refractivity contribution in [1.82, 2.24) is 9.97 Å². The first-order valence-corrected chi connectivity index (χ1v) is 20.4. The maximum absolute atomic E-state index is 5.45. The van der Waals surface area contributed by atoms with E-state index in [2.05, 4.69) is 220 Å². The van der Waals surface area contributed by atoms with Gasteiger partial charge in [-0.15, -0.1) is 0 Å². The van der Waals surface area contributed by atoms with Crippen molar-refractivity contribution in [2.24, 2.45) is 0 Å². The summed E-state index contributed by atoms with van der Waals surface area (Å²) in [7, 11) is 0. The van der Waals surface area contributed by atoms with Gasteiger partial charge in [0.2, 0.25) is 0 Å². The molecule has 59 heavy (non-hydrogen) atoms. The average Bonchev–Trinajstić information content (AvgIpc) is 3.55. The molecule has 0 atom stereocenters. The molecule has 1 heterocycles. The van der Waals surface area contributed by atoms with Crippen molar-refractivity contribution in [2.45, 2.75) is 19.3 Å². The molecule has 0 saturated heterocycles. The van der Waals surface area contributed by atoms with Crippen molar-refractivity contribution in [1.29, 1.82) is 0 Å². The molecule has 0 spiro atoms. The van der Waals surface area contributed by atoms with E-state index in [9.17, 15) is 0 Å². The van der Waals surface area contributed by atoms with Gasteiger partial charge in [-0.3, -0.25) is 0 Å². The smallest absolute Gasteiger partial charge is 0.161 e. The predicted octanol–water partition coefficient (Wildman–Crippen LogP) is 15.1. The Morgan fingerprint density at radius 2 is 0.763 bits per heavy atom. The number of hydrogen-bond donors (Lipinski definition) is 0. The van der Waals surface area contributed by atoms with Crippen LogP contribution < -0.4 is 0 Å². The zero-order valence-corrected chi connectivity index (χ0v) is 33.0. The van der Waals surface area contributed by atoms with E-state index < -0.39 is 0 Å². The molecule has 0 saturated carbocycles. The van der Waals surface area contributed by atoms with Crippen LogP contribution in [0.2, 0.25) is 0 Å². The number of nitrogens with zero attached hydrogens (tertiary/aromatic N) is 2. The van der Waals surface area contributed by atoms with Crippen molar-refractivity contribution in [3.05, 3.63) is 217 Å². The van der Waals surface area contributed by atoms with Crippen LogP contribution in [0, 0.1) is 0 Å². The van der Waals surface area contributed by atoms with Gasteiger partial charge in [0.1, 0.15) is 0 Å². The third kappa shape index (κ3) is 5.87. The monoisotopic (exact) mass is 752 g/mol. The molecule has 1 aliphatic carbocycles. The summed E-state index contributed by atoms with van der Waals surface area (Å²) in [5.41, 5.74) is 17.2. The fourth-order valence-electron chi connectivity index (χ4n) is 9.54. The van der Waals surface area contributed by atoms with Gasteiger partial charge in [-0.25, -0.2) is 9.97 Å². The largest absolute Gasteiger partial charge is 0.228 e. The van der Waals surface area contributed by atoms with Crippen LogP contribution in [0.25, 0.3) is 100.0 Å². The van der Waals surface area contributed by atoms with Crippen LogP contribution in [0.3, 0.4) is 0 Å². The molecule has 278 valence electrons. The molecule has 0 fully saturated rings. The Morgan fingerprint density at radius 3 is 1.41 bits per heavy atom. The molecule has 0 aliphatic heterocycles. The van der Waals surface area contributed by atoms with Gasteiger partial charge in [-0.1, -0.05) is 190 Å². The first-order chi connectivity index (χ1) is 29.0. The molecule has 1 aromatic heterocycles. The Hall–Kier alpha value is -7.42. The third-order valence-electron chi connectivity index (χ3n) is 12.2. The van der Waals surface area contributed by atoms with Gasteiger partial charge in [0.15, 0.2) is 5.82 Å². The van der Waals surface area contributed by atoms with Gasteiger partial charge in [0, 0.05) is 22.1 Å². The van der Waals surface area contributed by atoms with Gasteiger partial charge in [0.25, 0.3) is 0 Å². The molecule has 0 N–H and O–H groups in total. The highest BCUT2D eigenvalue weighted by atomic mass is 14.9. The minimum atomic E-state index is -0.198. The number of benzene rings is 9. The molecular weight excluding hydrogens is 713 g/mol. The SMILES string of the molecule is CC1(C)c2c(cccc2-c2ccc(-c3nc(-c4ccccc4)cc(-c4cc(-c5ccccc5)cc(-c5ccccc5)c4)n3)c3ccccc23)-c2ccc3ccccc3c21. The van der Waals surface area contributed by atoms with Gasteiger partial charge in [0.05, 0.1) is 11.4 Å². The quantitative estimate of drug-likeness (QED) is 0.169. The van der Waals surface area contributed by atoms with Crippen LogP contribution in [-0.2, 0) is 5.41 Å². The second-order valence-electron chi connectivity index (χ2n) is 16.1. The molecule has 2 heteroatoms. The van der Waals surface area contributed by atoms with Crippen LogP contribution >= 0.6 is 0 Å². The van der Waals surface area contributed by atoms with E-state index in [1.807, 2.05) is 0 Å². The number of fused-ring (bicyclic) bond motifs is 6. The number of rotatable bonds is 6. The Morgan fingerprint density at radius 1 is 0.305 bits per heavy atom. The Kier molecular flexibility index (Phi) is 8.20. The fraction of sp³-hybridized carbons (Fsp3) is 0.0526. The lowest BCUT2D eigenvalue weighted by Gasteiger charge is -2.26. The molecule has 0 unspecified atom stereocenters. The lowest BCUT2D eigenvalue weighted by atomic mass is 9.77. The molecule has 11 rings (SSSR count). The van der Waals surface area contributed by atoms with E-state index in [0.717, 1.165) is 55.7 Å². The van der Waals surface area contributed by atoms with E-state index in [-0.39, 0.29) is 5.41 Å².